The van der Waals surface area contributed by atoms with Crippen molar-refractivity contribution in [3.8, 4) is 6.07 Å². The van der Waals surface area contributed by atoms with Crippen LogP contribution in [0.15, 0.2) is 62.2 Å². The zero-order chi connectivity index (χ0) is 18.7. The van der Waals surface area contributed by atoms with Gasteiger partial charge in [0.25, 0.3) is 5.91 Å². The summed E-state index contributed by atoms with van der Waals surface area (Å²) in [5, 5.41) is 12.2. The molecule has 1 fully saturated rings. The molecule has 1 aromatic carbocycles. The molecular formula is C18H14BrN3O3S. The molecule has 2 aromatic rings. The molecule has 0 bridgehead atoms. The Morgan fingerprint density at radius 2 is 2.12 bits per heavy atom. The lowest BCUT2D eigenvalue weighted by Crippen LogP contribution is -2.30. The number of nitriles is 1. The van der Waals surface area contributed by atoms with E-state index in [2.05, 4.69) is 21.2 Å². The number of anilines is 1. The molecule has 1 N–H and O–H groups in total. The van der Waals surface area contributed by atoms with E-state index in [0.717, 1.165) is 4.47 Å². The van der Waals surface area contributed by atoms with Crippen LogP contribution in [0.2, 0.25) is 0 Å². The van der Waals surface area contributed by atoms with Gasteiger partial charge in [-0.25, -0.2) is 0 Å². The zero-order valence-corrected chi connectivity index (χ0v) is 16.1. The fourth-order valence-corrected chi connectivity index (χ4v) is 3.78. The molecule has 8 heteroatoms. The zero-order valence-electron chi connectivity index (χ0n) is 13.7. The molecule has 26 heavy (non-hydrogen) atoms. The molecule has 0 aliphatic carbocycles. The summed E-state index contributed by atoms with van der Waals surface area (Å²) >= 11 is 4.56. The van der Waals surface area contributed by atoms with E-state index in [9.17, 15) is 14.9 Å². The first-order chi connectivity index (χ1) is 12.5. The summed E-state index contributed by atoms with van der Waals surface area (Å²) in [6, 6.07) is 12.5. The average Bonchev–Trinajstić information content (AvgIpc) is 3.24. The molecule has 0 unspecified atom stereocenters. The third kappa shape index (κ3) is 3.69. The molecule has 1 aromatic heterocycles. The minimum atomic E-state index is -0.546. The number of thioether (sulfide) groups is 1. The molecule has 1 saturated heterocycles. The van der Waals surface area contributed by atoms with Crippen molar-refractivity contribution in [2.75, 3.05) is 4.90 Å². The van der Waals surface area contributed by atoms with Crippen molar-refractivity contribution < 1.29 is 14.0 Å². The maximum absolute atomic E-state index is 12.6. The summed E-state index contributed by atoms with van der Waals surface area (Å²) in [7, 11) is 0. The quantitative estimate of drug-likeness (QED) is 0.590. The highest BCUT2D eigenvalue weighted by Gasteiger charge is 2.38. The number of carbonyl (C=O) groups excluding carboxylic acids is 2. The van der Waals surface area contributed by atoms with Gasteiger partial charge in [0.05, 0.1) is 18.1 Å². The lowest BCUT2D eigenvalue weighted by atomic mass is 10.2. The van der Waals surface area contributed by atoms with Crippen LogP contribution < -0.4 is 10.2 Å². The van der Waals surface area contributed by atoms with Crippen LogP contribution in [0, 0.1) is 11.3 Å². The summed E-state index contributed by atoms with van der Waals surface area (Å²) in [6.07, 6.45) is 1.51. The van der Waals surface area contributed by atoms with Crippen LogP contribution in [0.25, 0.3) is 0 Å². The SMILES string of the molecule is C[C@H]1S/C(=C(/C#N)C(=O)NCc2ccco2)N(c2ccc(Br)cc2)C1=O. The second-order valence-corrected chi connectivity index (χ2v) is 7.71. The van der Waals surface area contributed by atoms with E-state index in [-0.39, 0.29) is 23.3 Å². The molecule has 2 heterocycles. The first-order valence-corrected chi connectivity index (χ1v) is 9.39. The number of hydrogen-bond acceptors (Lipinski definition) is 5. The molecule has 1 aliphatic heterocycles. The van der Waals surface area contributed by atoms with E-state index in [4.69, 9.17) is 4.42 Å². The summed E-state index contributed by atoms with van der Waals surface area (Å²) in [5.74, 6) is -0.136. The van der Waals surface area contributed by atoms with Crippen LogP contribution in [0.1, 0.15) is 12.7 Å². The van der Waals surface area contributed by atoms with Gasteiger partial charge in [0.15, 0.2) is 0 Å². The highest BCUT2D eigenvalue weighted by atomic mass is 79.9. The number of amides is 2. The predicted molar refractivity (Wildman–Crippen MR) is 102 cm³/mol. The number of nitrogens with one attached hydrogen (secondary N) is 1. The minimum absolute atomic E-state index is 0.0952. The van der Waals surface area contributed by atoms with Gasteiger partial charge in [-0.2, -0.15) is 5.26 Å². The smallest absolute Gasteiger partial charge is 0.265 e. The van der Waals surface area contributed by atoms with E-state index >= 15 is 0 Å². The van der Waals surface area contributed by atoms with E-state index in [1.54, 1.807) is 43.3 Å². The monoisotopic (exact) mass is 431 g/mol. The van der Waals surface area contributed by atoms with Crippen molar-refractivity contribution in [3.05, 3.63) is 63.5 Å². The Hall–Kier alpha value is -2.50. The Balaban J connectivity index is 1.92. The van der Waals surface area contributed by atoms with Gasteiger partial charge in [0.1, 0.15) is 22.4 Å². The Labute approximate surface area is 163 Å². The lowest BCUT2D eigenvalue weighted by Gasteiger charge is -2.18. The van der Waals surface area contributed by atoms with E-state index in [1.807, 2.05) is 6.07 Å². The number of nitrogens with zero attached hydrogens (tertiary/aromatic N) is 2. The maximum Gasteiger partial charge on any atom is 0.265 e. The van der Waals surface area contributed by atoms with Crippen LogP contribution in [0.3, 0.4) is 0 Å². The molecule has 0 spiro atoms. The molecular weight excluding hydrogens is 418 g/mol. The topological polar surface area (TPSA) is 86.3 Å². The fraction of sp³-hybridized carbons (Fsp3) is 0.167. The van der Waals surface area contributed by atoms with Crippen molar-refractivity contribution in [2.24, 2.45) is 0 Å². The summed E-state index contributed by atoms with van der Waals surface area (Å²) in [4.78, 5) is 26.5. The van der Waals surface area contributed by atoms with Gasteiger partial charge in [-0.1, -0.05) is 27.7 Å². The second kappa shape index (κ2) is 7.81. The standard InChI is InChI=1S/C18H14BrN3O3S/c1-11-17(24)22(13-6-4-12(19)5-7-13)18(26-11)15(9-20)16(23)21-10-14-3-2-8-25-14/h2-8,11H,10H2,1H3,(H,21,23)/b18-15-/t11-/m1/s1. The third-order valence-electron chi connectivity index (χ3n) is 3.70. The molecule has 1 aliphatic rings. The lowest BCUT2D eigenvalue weighted by molar-refractivity contribution is -0.117. The van der Waals surface area contributed by atoms with Crippen LogP contribution in [-0.4, -0.2) is 17.1 Å². The molecule has 2 amide bonds. The van der Waals surface area contributed by atoms with Crippen molar-refractivity contribution in [3.63, 3.8) is 0 Å². The van der Waals surface area contributed by atoms with Gasteiger partial charge in [-0.15, -0.1) is 0 Å². The Bertz CT molecular complexity index is 901. The third-order valence-corrected chi connectivity index (χ3v) is 5.39. The van der Waals surface area contributed by atoms with Crippen LogP contribution in [0.5, 0.6) is 0 Å². The highest BCUT2D eigenvalue weighted by Crippen LogP contribution is 2.40. The van der Waals surface area contributed by atoms with Gasteiger partial charge in [0.2, 0.25) is 5.91 Å². The van der Waals surface area contributed by atoms with Crippen LogP contribution >= 0.6 is 27.7 Å². The van der Waals surface area contributed by atoms with Gasteiger partial charge in [-0.3, -0.25) is 14.5 Å². The first-order valence-electron chi connectivity index (χ1n) is 7.72. The molecule has 6 nitrogen and oxygen atoms in total. The fourth-order valence-electron chi connectivity index (χ4n) is 2.42. The summed E-state index contributed by atoms with van der Waals surface area (Å²) in [6.45, 7) is 1.92. The van der Waals surface area contributed by atoms with Crippen molar-refractivity contribution in [1.29, 1.82) is 5.26 Å². The summed E-state index contributed by atoms with van der Waals surface area (Å²) < 4.78 is 6.04. The molecule has 0 saturated carbocycles. The normalized spacial score (nSPS) is 18.6. The van der Waals surface area contributed by atoms with Crippen molar-refractivity contribution >= 4 is 45.2 Å². The van der Waals surface area contributed by atoms with Gasteiger partial charge < -0.3 is 9.73 Å². The van der Waals surface area contributed by atoms with Gasteiger partial charge in [-0.05, 0) is 43.3 Å². The number of halogens is 1. The largest absolute Gasteiger partial charge is 0.467 e. The summed E-state index contributed by atoms with van der Waals surface area (Å²) in [5.41, 5.74) is 0.513. The molecule has 0 radical (unpaired) electrons. The predicted octanol–water partition coefficient (Wildman–Crippen LogP) is 3.56. The Morgan fingerprint density at radius 1 is 1.38 bits per heavy atom. The minimum Gasteiger partial charge on any atom is -0.467 e. The first kappa shape index (κ1) is 18.3. The van der Waals surface area contributed by atoms with E-state index < -0.39 is 5.91 Å². The van der Waals surface area contributed by atoms with Crippen molar-refractivity contribution in [2.45, 2.75) is 18.7 Å². The van der Waals surface area contributed by atoms with E-state index in [1.165, 1.54) is 22.9 Å². The Kier molecular flexibility index (Phi) is 5.49. The van der Waals surface area contributed by atoms with Crippen LogP contribution in [0.4, 0.5) is 5.69 Å². The number of hydrogen-bond donors (Lipinski definition) is 1. The molecule has 3 rings (SSSR count). The molecule has 132 valence electrons. The Morgan fingerprint density at radius 3 is 2.73 bits per heavy atom. The van der Waals surface area contributed by atoms with Gasteiger partial charge >= 0.3 is 0 Å². The maximum atomic E-state index is 12.6. The van der Waals surface area contributed by atoms with Gasteiger partial charge in [0, 0.05) is 10.2 Å². The van der Waals surface area contributed by atoms with Crippen LogP contribution in [-0.2, 0) is 16.1 Å². The average molecular weight is 432 g/mol. The molecule has 1 atom stereocenters. The number of carbonyl (C=O) groups is 2. The van der Waals surface area contributed by atoms with E-state index in [0.29, 0.717) is 16.5 Å². The van der Waals surface area contributed by atoms with Crippen molar-refractivity contribution in [1.82, 2.24) is 5.32 Å². The number of furan rings is 1. The number of rotatable bonds is 4. The highest BCUT2D eigenvalue weighted by molar-refractivity contribution is 9.10. The second-order valence-electron chi connectivity index (χ2n) is 5.46. The number of benzene rings is 1.